The van der Waals surface area contributed by atoms with Crippen LogP contribution in [0.2, 0.25) is 0 Å². The number of hydrogen-bond donors (Lipinski definition) is 2. The van der Waals surface area contributed by atoms with E-state index >= 15 is 0 Å². The molecule has 0 aliphatic carbocycles. The van der Waals surface area contributed by atoms with Gasteiger partial charge < -0.3 is 29.2 Å². The van der Waals surface area contributed by atoms with Gasteiger partial charge in [0, 0.05) is 0 Å². The highest BCUT2D eigenvalue weighted by molar-refractivity contribution is 5.89. The summed E-state index contributed by atoms with van der Waals surface area (Å²) >= 11 is 0. The van der Waals surface area contributed by atoms with E-state index in [1.165, 1.54) is 0 Å². The standard InChI is InChI=1S/C27H28O7/c28-23-22(18-33-26(29)21-14-8-3-9-15-21)34-27(30)25(32-17-20-12-6-2-7-13-20)24(23)31-16-19-10-4-1-5-11-19/h1-15,22-25,27-28,30H,16-18H2/t22-,23-,24+,25+,27-/m1/s1. The summed E-state index contributed by atoms with van der Waals surface area (Å²) in [6, 6.07) is 27.5. The predicted octanol–water partition coefficient (Wildman–Crippen LogP) is 3.09. The van der Waals surface area contributed by atoms with Crippen LogP contribution < -0.4 is 0 Å². The molecule has 34 heavy (non-hydrogen) atoms. The molecule has 0 bridgehead atoms. The van der Waals surface area contributed by atoms with Crippen LogP contribution in [-0.4, -0.2) is 53.5 Å². The highest BCUT2D eigenvalue weighted by Crippen LogP contribution is 2.27. The van der Waals surface area contributed by atoms with Gasteiger partial charge in [0.2, 0.25) is 0 Å². The molecule has 0 aromatic heterocycles. The van der Waals surface area contributed by atoms with Gasteiger partial charge in [-0.05, 0) is 23.3 Å². The van der Waals surface area contributed by atoms with E-state index in [-0.39, 0.29) is 19.8 Å². The van der Waals surface area contributed by atoms with Gasteiger partial charge in [0.25, 0.3) is 0 Å². The Morgan fingerprint density at radius 3 is 1.79 bits per heavy atom. The van der Waals surface area contributed by atoms with Crippen molar-refractivity contribution < 1.29 is 34.0 Å². The Hall–Kier alpha value is -3.07. The summed E-state index contributed by atoms with van der Waals surface area (Å²) in [5, 5.41) is 21.7. The minimum atomic E-state index is -1.38. The molecule has 0 radical (unpaired) electrons. The van der Waals surface area contributed by atoms with Gasteiger partial charge >= 0.3 is 5.97 Å². The fourth-order valence-corrected chi connectivity index (χ4v) is 3.76. The minimum absolute atomic E-state index is 0.205. The second-order valence-electron chi connectivity index (χ2n) is 8.04. The number of benzene rings is 3. The number of ether oxygens (including phenoxy) is 4. The van der Waals surface area contributed by atoms with Gasteiger partial charge in [0.15, 0.2) is 6.29 Å². The van der Waals surface area contributed by atoms with Crippen molar-refractivity contribution >= 4 is 5.97 Å². The monoisotopic (exact) mass is 464 g/mol. The molecule has 1 saturated heterocycles. The van der Waals surface area contributed by atoms with Crippen molar-refractivity contribution in [3.63, 3.8) is 0 Å². The van der Waals surface area contributed by atoms with Crippen molar-refractivity contribution in [2.24, 2.45) is 0 Å². The van der Waals surface area contributed by atoms with E-state index in [0.29, 0.717) is 5.56 Å². The zero-order valence-electron chi connectivity index (χ0n) is 18.6. The Morgan fingerprint density at radius 2 is 1.24 bits per heavy atom. The maximum absolute atomic E-state index is 12.3. The summed E-state index contributed by atoms with van der Waals surface area (Å²) in [5.74, 6) is -0.546. The summed E-state index contributed by atoms with van der Waals surface area (Å²) in [6.07, 6.45) is -5.42. The topological polar surface area (TPSA) is 94.5 Å². The van der Waals surface area contributed by atoms with Crippen LogP contribution in [0.1, 0.15) is 21.5 Å². The van der Waals surface area contributed by atoms with Gasteiger partial charge in [-0.25, -0.2) is 4.79 Å². The van der Waals surface area contributed by atoms with Crippen LogP contribution in [0.15, 0.2) is 91.0 Å². The fourth-order valence-electron chi connectivity index (χ4n) is 3.76. The lowest BCUT2D eigenvalue weighted by Crippen LogP contribution is -2.60. The largest absolute Gasteiger partial charge is 0.459 e. The van der Waals surface area contributed by atoms with Crippen LogP contribution in [0.5, 0.6) is 0 Å². The van der Waals surface area contributed by atoms with Crippen molar-refractivity contribution in [2.45, 2.75) is 43.9 Å². The van der Waals surface area contributed by atoms with Crippen LogP contribution >= 0.6 is 0 Å². The smallest absolute Gasteiger partial charge is 0.338 e. The molecule has 2 N–H and O–H groups in total. The number of carbonyl (C=O) groups excluding carboxylic acids is 1. The van der Waals surface area contributed by atoms with E-state index in [9.17, 15) is 15.0 Å². The van der Waals surface area contributed by atoms with E-state index in [2.05, 4.69) is 0 Å². The van der Waals surface area contributed by atoms with Crippen molar-refractivity contribution in [3.8, 4) is 0 Å². The molecule has 1 heterocycles. The number of carbonyl (C=O) groups is 1. The quantitative estimate of drug-likeness (QED) is 0.470. The molecule has 7 nitrogen and oxygen atoms in total. The molecule has 7 heteroatoms. The number of hydrogen-bond acceptors (Lipinski definition) is 7. The first-order chi connectivity index (χ1) is 16.6. The Labute approximate surface area is 198 Å². The Balaban J connectivity index is 1.44. The van der Waals surface area contributed by atoms with E-state index < -0.39 is 36.7 Å². The molecular formula is C27H28O7. The first-order valence-corrected chi connectivity index (χ1v) is 11.2. The second-order valence-corrected chi connectivity index (χ2v) is 8.04. The molecule has 0 unspecified atom stereocenters. The minimum Gasteiger partial charge on any atom is -0.459 e. The van der Waals surface area contributed by atoms with Gasteiger partial charge in [0.1, 0.15) is 31.0 Å². The number of aliphatic hydroxyl groups is 2. The van der Waals surface area contributed by atoms with Crippen LogP contribution in [0.4, 0.5) is 0 Å². The van der Waals surface area contributed by atoms with Crippen LogP contribution in [0.3, 0.4) is 0 Å². The molecule has 3 aromatic rings. The average molecular weight is 465 g/mol. The molecular weight excluding hydrogens is 436 g/mol. The summed E-state index contributed by atoms with van der Waals surface area (Å²) in [7, 11) is 0. The maximum Gasteiger partial charge on any atom is 0.338 e. The van der Waals surface area contributed by atoms with E-state index in [4.69, 9.17) is 18.9 Å². The van der Waals surface area contributed by atoms with Gasteiger partial charge in [-0.3, -0.25) is 0 Å². The molecule has 0 spiro atoms. The number of esters is 1. The molecule has 5 atom stereocenters. The molecule has 1 aliphatic heterocycles. The maximum atomic E-state index is 12.3. The molecule has 0 saturated carbocycles. The highest BCUT2D eigenvalue weighted by Gasteiger charge is 2.46. The van der Waals surface area contributed by atoms with Gasteiger partial charge in [-0.15, -0.1) is 0 Å². The predicted molar refractivity (Wildman–Crippen MR) is 124 cm³/mol. The van der Waals surface area contributed by atoms with Crippen LogP contribution in [0, 0.1) is 0 Å². The second kappa shape index (κ2) is 11.9. The highest BCUT2D eigenvalue weighted by atomic mass is 16.7. The van der Waals surface area contributed by atoms with E-state index in [1.54, 1.807) is 30.3 Å². The lowest BCUT2D eigenvalue weighted by Gasteiger charge is -2.42. The lowest BCUT2D eigenvalue weighted by molar-refractivity contribution is -0.307. The van der Waals surface area contributed by atoms with Gasteiger partial charge in [0.05, 0.1) is 18.8 Å². The third kappa shape index (κ3) is 6.28. The molecule has 1 fully saturated rings. The molecule has 0 amide bonds. The summed E-state index contributed by atoms with van der Waals surface area (Å²) in [6.45, 7) is 0.164. The molecule has 3 aromatic carbocycles. The number of rotatable bonds is 9. The zero-order chi connectivity index (χ0) is 23.8. The average Bonchev–Trinajstić information content (AvgIpc) is 2.89. The third-order valence-corrected chi connectivity index (χ3v) is 5.60. The van der Waals surface area contributed by atoms with Gasteiger partial charge in [-0.1, -0.05) is 78.9 Å². The molecule has 178 valence electrons. The van der Waals surface area contributed by atoms with Crippen molar-refractivity contribution in [1.82, 2.24) is 0 Å². The van der Waals surface area contributed by atoms with Gasteiger partial charge in [-0.2, -0.15) is 0 Å². The molecule has 1 aliphatic rings. The number of aliphatic hydroxyl groups excluding tert-OH is 2. The Morgan fingerprint density at radius 1 is 0.735 bits per heavy atom. The Kier molecular flexibility index (Phi) is 8.41. The SMILES string of the molecule is O=C(OC[C@H]1O[C@@H](O)[C@@H](OCc2ccccc2)[C@@H](OCc2ccccc2)[C@@H]1O)c1ccccc1. The Bertz CT molecular complexity index is 1010. The first kappa shape index (κ1) is 24.1. The normalized spacial score (nSPS) is 24.5. The lowest BCUT2D eigenvalue weighted by atomic mass is 9.98. The fraction of sp³-hybridized carbons (Fsp3) is 0.296. The van der Waals surface area contributed by atoms with Crippen molar-refractivity contribution in [3.05, 3.63) is 108 Å². The summed E-state index contributed by atoms with van der Waals surface area (Å²) < 4.78 is 22.9. The first-order valence-electron chi connectivity index (χ1n) is 11.2. The van der Waals surface area contributed by atoms with Crippen LogP contribution in [-0.2, 0) is 32.2 Å². The molecule has 4 rings (SSSR count). The van der Waals surface area contributed by atoms with E-state index in [0.717, 1.165) is 11.1 Å². The zero-order valence-corrected chi connectivity index (χ0v) is 18.6. The van der Waals surface area contributed by atoms with E-state index in [1.807, 2.05) is 60.7 Å². The van der Waals surface area contributed by atoms with Crippen LogP contribution in [0.25, 0.3) is 0 Å². The van der Waals surface area contributed by atoms with Crippen molar-refractivity contribution in [2.75, 3.05) is 6.61 Å². The summed E-state index contributed by atoms with van der Waals surface area (Å²) in [4.78, 5) is 12.3. The van der Waals surface area contributed by atoms with Crippen molar-refractivity contribution in [1.29, 1.82) is 0 Å². The third-order valence-electron chi connectivity index (χ3n) is 5.60. The summed E-state index contributed by atoms with van der Waals surface area (Å²) in [5.41, 5.74) is 2.20.